The topological polar surface area (TPSA) is 91.2 Å². The second kappa shape index (κ2) is 7.50. The van der Waals surface area contributed by atoms with E-state index in [4.69, 9.17) is 0 Å². The van der Waals surface area contributed by atoms with Gasteiger partial charge >= 0.3 is 0 Å². The molecule has 1 saturated carbocycles. The number of H-pyrrole nitrogens is 1. The molecule has 8 nitrogen and oxygen atoms in total. The number of nitrogens with zero attached hydrogens (tertiary/aromatic N) is 5. The number of aromatic nitrogens is 5. The van der Waals surface area contributed by atoms with E-state index in [-0.39, 0.29) is 24.8 Å². The highest BCUT2D eigenvalue weighted by atomic mass is 19.3. The predicted molar refractivity (Wildman–Crippen MR) is 119 cm³/mol. The van der Waals surface area contributed by atoms with Crippen LogP contribution in [0.5, 0.6) is 0 Å². The number of halogens is 2. The first-order valence-corrected chi connectivity index (χ1v) is 11.2. The van der Waals surface area contributed by atoms with E-state index < -0.39 is 5.92 Å². The summed E-state index contributed by atoms with van der Waals surface area (Å²) in [4.78, 5) is 26.9. The van der Waals surface area contributed by atoms with Crippen LogP contribution in [0, 0.1) is 0 Å². The summed E-state index contributed by atoms with van der Waals surface area (Å²) in [6.45, 7) is 1.56. The molecule has 10 heteroatoms. The van der Waals surface area contributed by atoms with Gasteiger partial charge in [0, 0.05) is 61.5 Å². The van der Waals surface area contributed by atoms with Gasteiger partial charge in [-0.2, -0.15) is 10.1 Å². The zero-order chi connectivity index (χ0) is 22.6. The summed E-state index contributed by atoms with van der Waals surface area (Å²) in [5.74, 6) is -2.25. The fourth-order valence-electron chi connectivity index (χ4n) is 4.74. The van der Waals surface area contributed by atoms with Gasteiger partial charge in [0.05, 0.1) is 17.3 Å². The van der Waals surface area contributed by atoms with Gasteiger partial charge in [0.25, 0.3) is 11.8 Å². The van der Waals surface area contributed by atoms with Gasteiger partial charge in [-0.15, -0.1) is 0 Å². The number of hydrogen-bond donors (Lipinski definition) is 2. The number of carbonyl (C=O) groups excluding carboxylic acids is 1. The smallest absolute Gasteiger partial charge is 0.257 e. The normalized spacial score (nSPS) is 18.5. The molecule has 33 heavy (non-hydrogen) atoms. The van der Waals surface area contributed by atoms with Crippen molar-refractivity contribution in [1.82, 2.24) is 29.5 Å². The monoisotopic (exact) mass is 451 g/mol. The number of aromatic amines is 1. The summed E-state index contributed by atoms with van der Waals surface area (Å²) >= 11 is 0. The molecule has 2 fully saturated rings. The molecule has 0 bridgehead atoms. The highest BCUT2D eigenvalue weighted by molar-refractivity contribution is 6.02. The summed E-state index contributed by atoms with van der Waals surface area (Å²) < 4.78 is 27.9. The van der Waals surface area contributed by atoms with Crippen LogP contribution in [0.3, 0.4) is 0 Å². The Hall–Kier alpha value is -3.56. The molecule has 2 N–H and O–H groups in total. The van der Waals surface area contributed by atoms with Crippen LogP contribution in [0.4, 0.5) is 14.7 Å². The Balaban J connectivity index is 1.30. The zero-order valence-electron chi connectivity index (χ0n) is 17.9. The fourth-order valence-corrected chi connectivity index (χ4v) is 4.74. The average molecular weight is 451 g/mol. The molecule has 0 spiro atoms. The Kier molecular flexibility index (Phi) is 4.56. The molecule has 5 heterocycles. The van der Waals surface area contributed by atoms with Crippen molar-refractivity contribution >= 4 is 28.4 Å². The highest BCUT2D eigenvalue weighted by Gasteiger charge is 2.45. The van der Waals surface area contributed by atoms with Crippen molar-refractivity contribution in [2.45, 2.75) is 44.1 Å². The third-order valence-electron chi connectivity index (χ3n) is 6.56. The number of nitrogens with one attached hydrogen (secondary N) is 2. The number of amides is 1. The Bertz CT molecular complexity index is 1350. The number of rotatable bonds is 4. The lowest BCUT2D eigenvalue weighted by Crippen LogP contribution is -2.44. The van der Waals surface area contributed by atoms with Crippen LogP contribution in [0.15, 0.2) is 36.9 Å². The summed E-state index contributed by atoms with van der Waals surface area (Å²) in [6.07, 6.45) is 9.83. The van der Waals surface area contributed by atoms with Crippen LogP contribution in [-0.4, -0.2) is 60.4 Å². The van der Waals surface area contributed by atoms with Crippen molar-refractivity contribution in [3.8, 4) is 11.1 Å². The molecule has 1 saturated heterocycles. The number of pyridine rings is 1. The Morgan fingerprint density at radius 3 is 2.79 bits per heavy atom. The van der Waals surface area contributed by atoms with E-state index in [1.165, 1.54) is 0 Å². The fraction of sp³-hybridized carbons (Fsp3) is 0.391. The Labute approximate surface area is 188 Å². The van der Waals surface area contributed by atoms with E-state index >= 15 is 0 Å². The van der Waals surface area contributed by atoms with Gasteiger partial charge in [0.2, 0.25) is 5.95 Å². The molecule has 6 rings (SSSR count). The molecule has 4 aromatic rings. The van der Waals surface area contributed by atoms with Crippen molar-refractivity contribution in [3.63, 3.8) is 0 Å². The number of alkyl halides is 2. The first-order valence-electron chi connectivity index (χ1n) is 11.2. The quantitative estimate of drug-likeness (QED) is 0.487. The van der Waals surface area contributed by atoms with Gasteiger partial charge in [0.15, 0.2) is 0 Å². The maximum Gasteiger partial charge on any atom is 0.257 e. The Morgan fingerprint density at radius 1 is 1.18 bits per heavy atom. The van der Waals surface area contributed by atoms with Gasteiger partial charge in [0.1, 0.15) is 5.65 Å². The lowest BCUT2D eigenvalue weighted by atomic mass is 9.88. The number of carbonyl (C=O) groups is 1. The second-order valence-corrected chi connectivity index (χ2v) is 8.92. The molecule has 0 unspecified atom stereocenters. The number of likely N-dealkylation sites (tertiary alicyclic amines) is 1. The Morgan fingerprint density at radius 2 is 2.00 bits per heavy atom. The summed E-state index contributed by atoms with van der Waals surface area (Å²) in [5.41, 5.74) is 3.77. The number of anilines is 1. The molecule has 1 amide bonds. The van der Waals surface area contributed by atoms with Crippen molar-refractivity contribution in [2.24, 2.45) is 0 Å². The van der Waals surface area contributed by atoms with E-state index in [0.29, 0.717) is 17.2 Å². The first kappa shape index (κ1) is 20.1. The van der Waals surface area contributed by atoms with E-state index in [2.05, 4.69) is 25.4 Å². The van der Waals surface area contributed by atoms with Gasteiger partial charge in [-0.25, -0.2) is 18.3 Å². The standard InChI is InChI=1S/C23H23F2N7O/c24-23(25)9-15(10-23)29-22-27-12-17-16(11-26-20(17)30-22)14-4-7-32-19(8-14)18(13-28-32)21(33)31-5-2-1-3-6-31/h4,7-8,11-13,15H,1-3,5-6,9-10H2,(H2,26,27,29,30). The summed E-state index contributed by atoms with van der Waals surface area (Å²) in [7, 11) is 0. The van der Waals surface area contributed by atoms with Crippen LogP contribution < -0.4 is 5.32 Å². The molecule has 2 aliphatic rings. The maximum absolute atomic E-state index is 13.1. The first-order chi connectivity index (χ1) is 16.0. The third-order valence-corrected chi connectivity index (χ3v) is 6.56. The second-order valence-electron chi connectivity index (χ2n) is 8.92. The number of hydrogen-bond acceptors (Lipinski definition) is 5. The van der Waals surface area contributed by atoms with E-state index in [1.807, 2.05) is 29.4 Å². The van der Waals surface area contributed by atoms with Crippen LogP contribution in [0.25, 0.3) is 27.7 Å². The van der Waals surface area contributed by atoms with Crippen molar-refractivity contribution in [3.05, 3.63) is 42.5 Å². The van der Waals surface area contributed by atoms with Gasteiger partial charge < -0.3 is 15.2 Å². The summed E-state index contributed by atoms with van der Waals surface area (Å²) in [6, 6.07) is 3.57. The van der Waals surface area contributed by atoms with E-state index in [0.717, 1.165) is 54.4 Å². The van der Waals surface area contributed by atoms with Crippen LogP contribution in [0.2, 0.25) is 0 Å². The third kappa shape index (κ3) is 3.59. The van der Waals surface area contributed by atoms with Crippen molar-refractivity contribution in [1.29, 1.82) is 0 Å². The largest absolute Gasteiger partial charge is 0.351 e. The van der Waals surface area contributed by atoms with E-state index in [1.54, 1.807) is 16.9 Å². The number of fused-ring (bicyclic) bond motifs is 2. The van der Waals surface area contributed by atoms with Crippen molar-refractivity contribution < 1.29 is 13.6 Å². The number of piperidine rings is 1. The average Bonchev–Trinajstić information content (AvgIpc) is 3.41. The minimum Gasteiger partial charge on any atom is -0.351 e. The molecule has 1 aliphatic heterocycles. The van der Waals surface area contributed by atoms with Gasteiger partial charge in [-0.3, -0.25) is 4.79 Å². The molecular formula is C23H23F2N7O. The minimum absolute atomic E-state index is 0.0152. The molecule has 170 valence electrons. The van der Waals surface area contributed by atoms with Crippen LogP contribution in [0.1, 0.15) is 42.5 Å². The lowest BCUT2D eigenvalue weighted by molar-refractivity contribution is -0.0794. The predicted octanol–water partition coefficient (Wildman–Crippen LogP) is 4.11. The zero-order valence-corrected chi connectivity index (χ0v) is 17.9. The maximum atomic E-state index is 13.1. The molecule has 0 radical (unpaired) electrons. The van der Waals surface area contributed by atoms with Gasteiger partial charge in [-0.05, 0) is 37.0 Å². The SMILES string of the molecule is O=C(c1cnn2ccc(-c3c[nH]c4nc(NC5CC(F)(F)C5)ncc34)cc12)N1CCCCC1. The molecular weight excluding hydrogens is 428 g/mol. The molecule has 4 aromatic heterocycles. The van der Waals surface area contributed by atoms with Crippen LogP contribution in [-0.2, 0) is 0 Å². The summed E-state index contributed by atoms with van der Waals surface area (Å²) in [5, 5.41) is 8.14. The van der Waals surface area contributed by atoms with Crippen LogP contribution >= 0.6 is 0 Å². The van der Waals surface area contributed by atoms with Gasteiger partial charge in [-0.1, -0.05) is 0 Å². The molecule has 0 aromatic carbocycles. The minimum atomic E-state index is -2.60. The van der Waals surface area contributed by atoms with E-state index in [9.17, 15) is 13.6 Å². The molecule has 0 atom stereocenters. The lowest BCUT2D eigenvalue weighted by Gasteiger charge is -2.35. The highest BCUT2D eigenvalue weighted by Crippen LogP contribution is 2.39. The van der Waals surface area contributed by atoms with Crippen molar-refractivity contribution in [2.75, 3.05) is 18.4 Å². The molecule has 1 aliphatic carbocycles.